The molecule has 2 bridgehead atoms. The molecule has 4 unspecified atom stereocenters. The monoisotopic (exact) mass is 217 g/mol. The summed E-state index contributed by atoms with van der Waals surface area (Å²) in [5, 5.41) is 9.33. The van der Waals surface area contributed by atoms with Crippen LogP contribution in [0.3, 0.4) is 0 Å². The van der Waals surface area contributed by atoms with Gasteiger partial charge in [0.2, 0.25) is 0 Å². The van der Waals surface area contributed by atoms with Crippen molar-refractivity contribution in [3.8, 4) is 6.07 Å². The molecular weight excluding hydrogens is 206 g/mol. The van der Waals surface area contributed by atoms with E-state index in [9.17, 15) is 14.9 Å². The van der Waals surface area contributed by atoms with Crippen LogP contribution in [0.1, 0.15) is 19.3 Å². The Labute approximate surface area is 92.9 Å². The van der Waals surface area contributed by atoms with E-state index in [1.807, 2.05) is 0 Å². The molecule has 1 saturated carbocycles. The van der Waals surface area contributed by atoms with Gasteiger partial charge in [-0.2, -0.15) is 5.26 Å². The zero-order chi connectivity index (χ0) is 11.3. The number of allylic oxidation sites excluding steroid dienone is 2. The standard InChI is InChI=1S/C12H11NO3/c13-6-12-2-1-8(14)4-9(12)10-3-7(5-12)11(15)16-10/h1-2,7,9-10H,3-5H2. The third-order valence-corrected chi connectivity index (χ3v) is 4.01. The fraction of sp³-hybridized carbons (Fsp3) is 0.583. The SMILES string of the molecule is N#CC12C=CC(=O)CC1C1CC(C2)C(=O)O1. The Morgan fingerprint density at radius 3 is 3.06 bits per heavy atom. The summed E-state index contributed by atoms with van der Waals surface area (Å²) in [6, 6.07) is 2.29. The third kappa shape index (κ3) is 1.09. The van der Waals surface area contributed by atoms with Gasteiger partial charge in [-0.3, -0.25) is 9.59 Å². The molecule has 4 heteroatoms. The van der Waals surface area contributed by atoms with E-state index in [0.717, 1.165) is 0 Å². The molecule has 3 rings (SSSR count). The Hall–Kier alpha value is -1.63. The average molecular weight is 217 g/mol. The number of hydrogen-bond donors (Lipinski definition) is 0. The summed E-state index contributed by atoms with van der Waals surface area (Å²) in [4.78, 5) is 22.9. The lowest BCUT2D eigenvalue weighted by Crippen LogP contribution is -2.43. The van der Waals surface area contributed by atoms with Gasteiger partial charge in [-0.25, -0.2) is 0 Å². The number of fused-ring (bicyclic) bond motifs is 4. The normalized spacial score (nSPS) is 44.8. The number of nitriles is 1. The Kier molecular flexibility index (Phi) is 1.76. The van der Waals surface area contributed by atoms with Gasteiger partial charge in [0.15, 0.2) is 5.78 Å². The summed E-state index contributed by atoms with van der Waals surface area (Å²) >= 11 is 0. The number of ether oxygens (including phenoxy) is 1. The van der Waals surface area contributed by atoms with Crippen molar-refractivity contribution in [2.45, 2.75) is 25.4 Å². The molecule has 0 aromatic carbocycles. The van der Waals surface area contributed by atoms with E-state index in [1.54, 1.807) is 6.08 Å². The van der Waals surface area contributed by atoms with Gasteiger partial charge in [-0.05, 0) is 18.9 Å². The number of rotatable bonds is 0. The Morgan fingerprint density at radius 2 is 2.31 bits per heavy atom. The minimum atomic E-state index is -0.659. The summed E-state index contributed by atoms with van der Waals surface area (Å²) in [5.41, 5.74) is -0.659. The van der Waals surface area contributed by atoms with Crippen LogP contribution in [0.15, 0.2) is 12.2 Å². The summed E-state index contributed by atoms with van der Waals surface area (Å²) in [5.74, 6) is -0.469. The van der Waals surface area contributed by atoms with Crippen LogP contribution in [0.4, 0.5) is 0 Å². The first-order chi connectivity index (χ1) is 7.64. The number of ketones is 1. The van der Waals surface area contributed by atoms with Crippen LogP contribution < -0.4 is 0 Å². The van der Waals surface area contributed by atoms with Crippen molar-refractivity contribution >= 4 is 11.8 Å². The summed E-state index contributed by atoms with van der Waals surface area (Å²) in [7, 11) is 0. The summed E-state index contributed by atoms with van der Waals surface area (Å²) in [6.45, 7) is 0. The van der Waals surface area contributed by atoms with Crippen molar-refractivity contribution in [1.29, 1.82) is 5.26 Å². The molecule has 0 aromatic heterocycles. The van der Waals surface area contributed by atoms with Crippen LogP contribution in [0.5, 0.6) is 0 Å². The van der Waals surface area contributed by atoms with E-state index in [-0.39, 0.29) is 29.7 Å². The van der Waals surface area contributed by atoms with E-state index in [4.69, 9.17) is 4.74 Å². The number of carbonyl (C=O) groups is 2. The van der Waals surface area contributed by atoms with Crippen LogP contribution in [0.2, 0.25) is 0 Å². The van der Waals surface area contributed by atoms with Crippen LogP contribution in [0.25, 0.3) is 0 Å². The highest BCUT2D eigenvalue weighted by atomic mass is 16.6. The fourth-order valence-corrected chi connectivity index (χ4v) is 3.17. The first kappa shape index (κ1) is 9.59. The zero-order valence-corrected chi connectivity index (χ0v) is 8.68. The molecule has 0 radical (unpaired) electrons. The highest BCUT2D eigenvalue weighted by molar-refractivity contribution is 5.91. The second kappa shape index (κ2) is 2.94. The quantitative estimate of drug-likeness (QED) is 0.567. The highest BCUT2D eigenvalue weighted by Crippen LogP contribution is 2.52. The van der Waals surface area contributed by atoms with Crippen LogP contribution in [-0.2, 0) is 14.3 Å². The topological polar surface area (TPSA) is 67.2 Å². The van der Waals surface area contributed by atoms with Gasteiger partial charge in [-0.1, -0.05) is 6.08 Å². The maximum Gasteiger partial charge on any atom is 0.309 e. The largest absolute Gasteiger partial charge is 0.462 e. The van der Waals surface area contributed by atoms with E-state index in [2.05, 4.69) is 6.07 Å². The van der Waals surface area contributed by atoms with Crippen molar-refractivity contribution < 1.29 is 14.3 Å². The first-order valence-corrected chi connectivity index (χ1v) is 5.48. The van der Waals surface area contributed by atoms with Gasteiger partial charge < -0.3 is 4.74 Å². The lowest BCUT2D eigenvalue weighted by Gasteiger charge is -2.40. The smallest absolute Gasteiger partial charge is 0.309 e. The predicted octanol–water partition coefficient (Wildman–Crippen LogP) is 0.977. The Balaban J connectivity index is 2.06. The number of nitrogens with zero attached hydrogens (tertiary/aromatic N) is 1. The Bertz CT molecular complexity index is 448. The summed E-state index contributed by atoms with van der Waals surface area (Å²) < 4.78 is 5.25. The molecule has 0 spiro atoms. The molecule has 1 saturated heterocycles. The van der Waals surface area contributed by atoms with Crippen molar-refractivity contribution in [3.05, 3.63) is 12.2 Å². The molecule has 82 valence electrons. The van der Waals surface area contributed by atoms with Crippen molar-refractivity contribution in [1.82, 2.24) is 0 Å². The lowest BCUT2D eigenvalue weighted by atomic mass is 9.60. The van der Waals surface area contributed by atoms with Crippen LogP contribution >= 0.6 is 0 Å². The van der Waals surface area contributed by atoms with E-state index in [1.165, 1.54) is 6.08 Å². The molecule has 4 atom stereocenters. The van der Waals surface area contributed by atoms with E-state index in [0.29, 0.717) is 19.3 Å². The van der Waals surface area contributed by atoms with Gasteiger partial charge in [0, 0.05) is 12.3 Å². The molecule has 4 nitrogen and oxygen atoms in total. The maximum atomic E-state index is 11.5. The Morgan fingerprint density at radius 1 is 1.50 bits per heavy atom. The van der Waals surface area contributed by atoms with Gasteiger partial charge >= 0.3 is 5.97 Å². The van der Waals surface area contributed by atoms with E-state index < -0.39 is 5.41 Å². The average Bonchev–Trinajstić information content (AvgIpc) is 2.58. The summed E-state index contributed by atoms with van der Waals surface area (Å²) in [6.07, 6.45) is 4.44. The molecule has 1 aliphatic heterocycles. The van der Waals surface area contributed by atoms with Crippen molar-refractivity contribution in [3.63, 3.8) is 0 Å². The molecule has 16 heavy (non-hydrogen) atoms. The molecule has 2 aliphatic carbocycles. The minimum absolute atomic E-state index is 0.0253. The maximum absolute atomic E-state index is 11.5. The van der Waals surface area contributed by atoms with Gasteiger partial charge in [-0.15, -0.1) is 0 Å². The molecular formula is C12H11NO3. The zero-order valence-electron chi connectivity index (χ0n) is 8.68. The number of carbonyl (C=O) groups excluding carboxylic acids is 2. The van der Waals surface area contributed by atoms with Gasteiger partial charge in [0.25, 0.3) is 0 Å². The highest BCUT2D eigenvalue weighted by Gasteiger charge is 2.56. The lowest BCUT2D eigenvalue weighted by molar-refractivity contribution is -0.145. The molecule has 2 fully saturated rings. The number of esters is 1. The minimum Gasteiger partial charge on any atom is -0.462 e. The molecule has 0 aromatic rings. The predicted molar refractivity (Wildman–Crippen MR) is 52.9 cm³/mol. The molecule has 0 amide bonds. The van der Waals surface area contributed by atoms with Crippen LogP contribution in [-0.4, -0.2) is 17.9 Å². The van der Waals surface area contributed by atoms with Gasteiger partial charge in [0.1, 0.15) is 6.10 Å². The third-order valence-electron chi connectivity index (χ3n) is 4.01. The number of hydrogen-bond acceptors (Lipinski definition) is 4. The first-order valence-electron chi connectivity index (χ1n) is 5.48. The van der Waals surface area contributed by atoms with E-state index >= 15 is 0 Å². The molecule has 1 heterocycles. The molecule has 0 N–H and O–H groups in total. The fourth-order valence-electron chi connectivity index (χ4n) is 3.17. The van der Waals surface area contributed by atoms with Gasteiger partial charge in [0.05, 0.1) is 17.4 Å². The van der Waals surface area contributed by atoms with Crippen molar-refractivity contribution in [2.24, 2.45) is 17.3 Å². The van der Waals surface area contributed by atoms with Crippen molar-refractivity contribution in [2.75, 3.05) is 0 Å². The second-order valence-electron chi connectivity index (χ2n) is 4.87. The second-order valence-corrected chi connectivity index (χ2v) is 4.87. The molecule has 3 aliphatic rings. The van der Waals surface area contributed by atoms with Crippen LogP contribution in [0, 0.1) is 28.6 Å².